The minimum atomic E-state index is -0.0173. The Balaban J connectivity index is 1.18. The maximum atomic E-state index is 13.0. The summed E-state index contributed by atoms with van der Waals surface area (Å²) in [5.41, 5.74) is 1.24. The molecule has 6 atom stereocenters. The first kappa shape index (κ1) is 23.0. The highest BCUT2D eigenvalue weighted by atomic mass is 35.5. The van der Waals surface area contributed by atoms with Gasteiger partial charge in [0.15, 0.2) is 0 Å². The van der Waals surface area contributed by atoms with E-state index in [9.17, 15) is 9.59 Å². The molecule has 6 rings (SSSR count). The van der Waals surface area contributed by atoms with E-state index in [0.29, 0.717) is 47.6 Å². The van der Waals surface area contributed by atoms with Crippen LogP contribution in [0.5, 0.6) is 0 Å². The zero-order valence-electron chi connectivity index (χ0n) is 20.4. The SMILES string of the molecule is CN1C(=O)CC[C@@]2(C)C1=C(Cl)C[C@H]1[C@@H]3CC[C@H](CC(=O)Nc4nnc(C5CC5)s4)[C@@]3(C)CC[C@@H]12. The van der Waals surface area contributed by atoms with Crippen LogP contribution in [-0.2, 0) is 9.59 Å². The van der Waals surface area contributed by atoms with Crippen LogP contribution in [0, 0.1) is 34.5 Å². The van der Waals surface area contributed by atoms with Gasteiger partial charge in [-0.1, -0.05) is 36.8 Å². The summed E-state index contributed by atoms with van der Waals surface area (Å²) in [5.74, 6) is 2.91. The smallest absolute Gasteiger partial charge is 0.226 e. The zero-order chi connectivity index (χ0) is 23.8. The molecular weight excluding hydrogens is 468 g/mol. The molecule has 5 aliphatic rings. The Bertz CT molecular complexity index is 1070. The molecule has 0 bridgehead atoms. The maximum absolute atomic E-state index is 13.0. The Labute approximate surface area is 210 Å². The Morgan fingerprint density at radius 3 is 2.71 bits per heavy atom. The minimum absolute atomic E-state index is 0.0173. The van der Waals surface area contributed by atoms with E-state index in [4.69, 9.17) is 11.6 Å². The zero-order valence-corrected chi connectivity index (χ0v) is 22.0. The van der Waals surface area contributed by atoms with E-state index in [1.54, 1.807) is 0 Å². The summed E-state index contributed by atoms with van der Waals surface area (Å²) in [6.45, 7) is 4.78. The first-order valence-corrected chi connectivity index (χ1v) is 14.2. The molecule has 1 aromatic rings. The quantitative estimate of drug-likeness (QED) is 0.554. The number of aromatic nitrogens is 2. The van der Waals surface area contributed by atoms with Gasteiger partial charge in [0, 0.05) is 42.0 Å². The summed E-state index contributed by atoms with van der Waals surface area (Å²) in [6, 6.07) is 0. The molecule has 34 heavy (non-hydrogen) atoms. The number of likely N-dealkylation sites (tertiary alicyclic amines) is 1. The molecule has 4 fully saturated rings. The molecule has 0 radical (unpaired) electrons. The van der Waals surface area contributed by atoms with Gasteiger partial charge in [0.2, 0.25) is 16.9 Å². The standard InChI is InChI=1S/C26H35ClN4O2S/c1-25-10-8-18-16(13-19(27)22-26(18,2)11-9-21(33)31(22)3)17(25)7-6-15(25)12-20(32)28-24-30-29-23(34-24)14-4-5-14/h14-18H,4-13H2,1-3H3,(H,28,30,32)/t15-,16+,17+,18+,25-,26-/m1/s1. The highest BCUT2D eigenvalue weighted by Gasteiger charge is 2.60. The van der Waals surface area contributed by atoms with Crippen molar-refractivity contribution in [2.45, 2.75) is 84.0 Å². The summed E-state index contributed by atoms with van der Waals surface area (Å²) in [6.07, 6.45) is 9.93. The number of allylic oxidation sites excluding steroid dienone is 2. The van der Waals surface area contributed by atoms with Crippen LogP contribution in [0.2, 0.25) is 0 Å². The van der Waals surface area contributed by atoms with Gasteiger partial charge in [-0.05, 0) is 80.5 Å². The monoisotopic (exact) mass is 502 g/mol. The van der Waals surface area contributed by atoms with E-state index in [-0.39, 0.29) is 22.6 Å². The van der Waals surface area contributed by atoms with Crippen molar-refractivity contribution >= 4 is 39.9 Å². The van der Waals surface area contributed by atoms with Gasteiger partial charge >= 0.3 is 0 Å². The van der Waals surface area contributed by atoms with Crippen LogP contribution >= 0.6 is 22.9 Å². The Kier molecular flexibility index (Phi) is 5.42. The maximum Gasteiger partial charge on any atom is 0.226 e. The lowest BCUT2D eigenvalue weighted by Gasteiger charge is -2.59. The van der Waals surface area contributed by atoms with Gasteiger partial charge in [-0.2, -0.15) is 0 Å². The average molecular weight is 503 g/mol. The van der Waals surface area contributed by atoms with Crippen molar-refractivity contribution in [2.75, 3.05) is 12.4 Å². The normalized spacial score (nSPS) is 39.5. The predicted octanol–water partition coefficient (Wildman–Crippen LogP) is 5.92. The molecule has 1 aromatic heterocycles. The first-order chi connectivity index (χ1) is 16.2. The lowest BCUT2D eigenvalue weighted by molar-refractivity contribution is -0.136. The molecule has 0 aromatic carbocycles. The molecule has 1 N–H and O–H groups in total. The number of hydrogen-bond donors (Lipinski definition) is 1. The van der Waals surface area contributed by atoms with Gasteiger partial charge in [0.25, 0.3) is 0 Å². The highest BCUT2D eigenvalue weighted by Crippen LogP contribution is 2.67. The fraction of sp³-hybridized carbons (Fsp3) is 0.769. The summed E-state index contributed by atoms with van der Waals surface area (Å²) in [7, 11) is 1.90. The Morgan fingerprint density at radius 2 is 1.94 bits per heavy atom. The molecule has 2 heterocycles. The van der Waals surface area contributed by atoms with Crippen molar-refractivity contribution in [1.82, 2.24) is 15.1 Å². The number of nitrogens with one attached hydrogen (secondary N) is 1. The van der Waals surface area contributed by atoms with Crippen molar-refractivity contribution in [3.63, 3.8) is 0 Å². The fourth-order valence-corrected chi connectivity index (χ4v) is 9.75. The molecule has 6 nitrogen and oxygen atoms in total. The molecule has 1 aliphatic heterocycles. The molecule has 184 valence electrons. The topological polar surface area (TPSA) is 75.2 Å². The Hall–Kier alpha value is -1.47. The third-order valence-corrected chi connectivity index (χ3v) is 11.6. The third-order valence-electron chi connectivity index (χ3n) is 10.3. The highest BCUT2D eigenvalue weighted by molar-refractivity contribution is 7.15. The molecule has 0 unspecified atom stereocenters. The first-order valence-electron chi connectivity index (χ1n) is 13.0. The molecule has 0 spiro atoms. The number of nitrogens with zero attached hydrogens (tertiary/aromatic N) is 3. The van der Waals surface area contributed by atoms with Crippen LogP contribution < -0.4 is 5.32 Å². The van der Waals surface area contributed by atoms with E-state index in [1.807, 2.05) is 11.9 Å². The number of piperidine rings is 1. The molecule has 4 aliphatic carbocycles. The molecular formula is C26H35ClN4O2S. The molecule has 8 heteroatoms. The van der Waals surface area contributed by atoms with Gasteiger partial charge in [0.1, 0.15) is 5.01 Å². The summed E-state index contributed by atoms with van der Waals surface area (Å²) >= 11 is 8.48. The van der Waals surface area contributed by atoms with Crippen LogP contribution in [-0.4, -0.2) is 34.0 Å². The number of fused-ring (bicyclic) bond motifs is 5. The summed E-state index contributed by atoms with van der Waals surface area (Å²) < 4.78 is 0. The van der Waals surface area contributed by atoms with Crippen LogP contribution in [0.4, 0.5) is 5.13 Å². The second-order valence-electron chi connectivity index (χ2n) is 12.0. The van der Waals surface area contributed by atoms with Gasteiger partial charge in [-0.25, -0.2) is 0 Å². The Morgan fingerprint density at radius 1 is 1.15 bits per heavy atom. The van der Waals surface area contributed by atoms with Gasteiger partial charge in [-0.15, -0.1) is 10.2 Å². The lowest BCUT2D eigenvalue weighted by Crippen LogP contribution is -2.54. The number of carbonyl (C=O) groups excluding carboxylic acids is 2. The number of hydrogen-bond acceptors (Lipinski definition) is 5. The van der Waals surface area contributed by atoms with Crippen LogP contribution in [0.25, 0.3) is 0 Å². The van der Waals surface area contributed by atoms with Crippen molar-refractivity contribution in [3.8, 4) is 0 Å². The number of carbonyl (C=O) groups is 2. The van der Waals surface area contributed by atoms with Crippen LogP contribution in [0.15, 0.2) is 10.7 Å². The van der Waals surface area contributed by atoms with Crippen LogP contribution in [0.1, 0.15) is 89.0 Å². The average Bonchev–Trinajstić information content (AvgIpc) is 3.45. The number of anilines is 1. The van der Waals surface area contributed by atoms with Crippen LogP contribution in [0.3, 0.4) is 0 Å². The summed E-state index contributed by atoms with van der Waals surface area (Å²) in [5, 5.41) is 14.1. The van der Waals surface area contributed by atoms with E-state index in [1.165, 1.54) is 30.6 Å². The van der Waals surface area contributed by atoms with Gasteiger partial charge in [-0.3, -0.25) is 9.59 Å². The second-order valence-corrected chi connectivity index (χ2v) is 13.5. The largest absolute Gasteiger partial charge is 0.318 e. The fourth-order valence-electron chi connectivity index (χ4n) is 8.30. The van der Waals surface area contributed by atoms with E-state index in [0.717, 1.165) is 47.8 Å². The third kappa shape index (κ3) is 3.47. The van der Waals surface area contributed by atoms with E-state index >= 15 is 0 Å². The second kappa shape index (κ2) is 8.02. The van der Waals surface area contributed by atoms with E-state index < -0.39 is 0 Å². The molecule has 3 saturated carbocycles. The predicted molar refractivity (Wildman–Crippen MR) is 133 cm³/mol. The number of amides is 2. The molecule has 1 saturated heterocycles. The van der Waals surface area contributed by atoms with Crippen molar-refractivity contribution in [1.29, 1.82) is 0 Å². The lowest BCUT2D eigenvalue weighted by atomic mass is 9.49. The van der Waals surface area contributed by atoms with Crippen molar-refractivity contribution in [3.05, 3.63) is 15.7 Å². The van der Waals surface area contributed by atoms with E-state index in [2.05, 4.69) is 29.4 Å². The number of halogens is 1. The molecule has 2 amide bonds. The van der Waals surface area contributed by atoms with Gasteiger partial charge < -0.3 is 10.2 Å². The summed E-state index contributed by atoms with van der Waals surface area (Å²) in [4.78, 5) is 27.3. The van der Waals surface area contributed by atoms with Crippen molar-refractivity contribution in [2.24, 2.45) is 34.5 Å². The van der Waals surface area contributed by atoms with Gasteiger partial charge in [0.05, 0.1) is 0 Å². The minimum Gasteiger partial charge on any atom is -0.318 e. The van der Waals surface area contributed by atoms with Crippen molar-refractivity contribution < 1.29 is 9.59 Å². The number of rotatable bonds is 4.